The van der Waals surface area contributed by atoms with Gasteiger partial charge in [0, 0.05) is 10.9 Å². The van der Waals surface area contributed by atoms with Gasteiger partial charge in [-0.2, -0.15) is 0 Å². The maximum absolute atomic E-state index is 12.0. The van der Waals surface area contributed by atoms with Crippen LogP contribution in [0.15, 0.2) is 29.2 Å². The molecule has 2 N–H and O–H groups in total. The molecule has 0 bridgehead atoms. The van der Waals surface area contributed by atoms with Gasteiger partial charge in [0.05, 0.1) is 12.4 Å². The van der Waals surface area contributed by atoms with Gasteiger partial charge in [0.15, 0.2) is 0 Å². The Morgan fingerprint density at radius 1 is 1.23 bits per heavy atom. The van der Waals surface area contributed by atoms with Crippen molar-refractivity contribution in [3.8, 4) is 5.75 Å². The Morgan fingerprint density at radius 2 is 1.86 bits per heavy atom. The Labute approximate surface area is 135 Å². The first-order chi connectivity index (χ1) is 10.6. The van der Waals surface area contributed by atoms with Gasteiger partial charge in [-0.15, -0.1) is 11.8 Å². The zero-order valence-corrected chi connectivity index (χ0v) is 13.7. The molecule has 5 nitrogen and oxygen atoms in total. The predicted octanol–water partition coefficient (Wildman–Crippen LogP) is 2.94. The second-order valence-corrected chi connectivity index (χ2v) is 6.79. The number of urea groups is 1. The molecule has 120 valence electrons. The van der Waals surface area contributed by atoms with Gasteiger partial charge in [-0.25, -0.2) is 4.79 Å². The fourth-order valence-corrected chi connectivity index (χ4v) is 3.28. The van der Waals surface area contributed by atoms with Crippen molar-refractivity contribution in [3.63, 3.8) is 0 Å². The molecule has 1 aliphatic carbocycles. The SMILES string of the molecule is COc1ccc(S[C@@H](C)C(=O)NC(=O)NC2CCCC2)cc1. The standard InChI is InChI=1S/C16H22N2O3S/c1-11(22-14-9-7-13(21-2)8-10-14)15(19)18-16(20)17-12-5-3-4-6-12/h7-12H,3-6H2,1-2H3,(H2,17,18,19,20)/t11-/m0/s1. The highest BCUT2D eigenvalue weighted by Gasteiger charge is 2.21. The van der Waals surface area contributed by atoms with E-state index in [0.717, 1.165) is 36.3 Å². The van der Waals surface area contributed by atoms with E-state index in [2.05, 4.69) is 10.6 Å². The number of thioether (sulfide) groups is 1. The number of carbonyl (C=O) groups is 2. The van der Waals surface area contributed by atoms with Crippen LogP contribution in [0.25, 0.3) is 0 Å². The van der Waals surface area contributed by atoms with E-state index in [1.165, 1.54) is 11.8 Å². The van der Waals surface area contributed by atoms with Crippen molar-refractivity contribution in [3.05, 3.63) is 24.3 Å². The lowest BCUT2D eigenvalue weighted by atomic mass is 10.2. The number of benzene rings is 1. The number of ether oxygens (including phenoxy) is 1. The molecule has 1 aromatic rings. The van der Waals surface area contributed by atoms with E-state index in [4.69, 9.17) is 4.74 Å². The van der Waals surface area contributed by atoms with E-state index in [9.17, 15) is 9.59 Å². The molecule has 0 spiro atoms. The summed E-state index contributed by atoms with van der Waals surface area (Å²) in [5, 5.41) is 4.92. The second kappa shape index (κ2) is 8.08. The van der Waals surface area contributed by atoms with Crippen LogP contribution in [0, 0.1) is 0 Å². The lowest BCUT2D eigenvalue weighted by Gasteiger charge is -2.15. The summed E-state index contributed by atoms with van der Waals surface area (Å²) >= 11 is 1.41. The molecule has 1 saturated carbocycles. The number of carbonyl (C=O) groups excluding carboxylic acids is 2. The smallest absolute Gasteiger partial charge is 0.321 e. The first kappa shape index (κ1) is 16.7. The topological polar surface area (TPSA) is 67.4 Å². The van der Waals surface area contributed by atoms with Crippen molar-refractivity contribution in [2.75, 3.05) is 7.11 Å². The summed E-state index contributed by atoms with van der Waals surface area (Å²) in [6, 6.07) is 7.30. The molecule has 0 aliphatic heterocycles. The van der Waals surface area contributed by atoms with Crippen molar-refractivity contribution >= 4 is 23.7 Å². The number of hydrogen-bond donors (Lipinski definition) is 2. The fourth-order valence-electron chi connectivity index (χ4n) is 2.42. The highest BCUT2D eigenvalue weighted by atomic mass is 32.2. The molecule has 0 unspecified atom stereocenters. The molecule has 1 aromatic carbocycles. The zero-order chi connectivity index (χ0) is 15.9. The number of amides is 3. The predicted molar refractivity (Wildman–Crippen MR) is 87.2 cm³/mol. The molecular formula is C16H22N2O3S. The third-order valence-electron chi connectivity index (χ3n) is 3.67. The number of rotatable bonds is 5. The van der Waals surface area contributed by atoms with Gasteiger partial charge in [-0.3, -0.25) is 10.1 Å². The average molecular weight is 322 g/mol. The minimum atomic E-state index is -0.390. The summed E-state index contributed by atoms with van der Waals surface area (Å²) in [5.74, 6) is 0.494. The Hall–Kier alpha value is -1.69. The van der Waals surface area contributed by atoms with Crippen LogP contribution in [0.1, 0.15) is 32.6 Å². The Morgan fingerprint density at radius 3 is 2.45 bits per heavy atom. The van der Waals surface area contributed by atoms with Gasteiger partial charge in [0.2, 0.25) is 5.91 Å². The largest absolute Gasteiger partial charge is 0.497 e. The zero-order valence-electron chi connectivity index (χ0n) is 12.9. The first-order valence-electron chi connectivity index (χ1n) is 7.50. The minimum Gasteiger partial charge on any atom is -0.497 e. The summed E-state index contributed by atoms with van der Waals surface area (Å²) in [4.78, 5) is 24.8. The normalized spacial score (nSPS) is 16.1. The van der Waals surface area contributed by atoms with Crippen LogP contribution in [0.2, 0.25) is 0 Å². The Bertz CT molecular complexity index is 513. The molecular weight excluding hydrogens is 300 g/mol. The number of nitrogens with one attached hydrogen (secondary N) is 2. The molecule has 1 fully saturated rings. The highest BCUT2D eigenvalue weighted by Crippen LogP contribution is 2.25. The van der Waals surface area contributed by atoms with Crippen LogP contribution in [-0.2, 0) is 4.79 Å². The summed E-state index contributed by atoms with van der Waals surface area (Å²) in [6.07, 6.45) is 4.28. The lowest BCUT2D eigenvalue weighted by Crippen LogP contribution is -2.45. The van der Waals surface area contributed by atoms with E-state index in [1.54, 1.807) is 14.0 Å². The summed E-state index contributed by atoms with van der Waals surface area (Å²) in [5.41, 5.74) is 0. The number of imide groups is 1. The minimum absolute atomic E-state index is 0.206. The lowest BCUT2D eigenvalue weighted by molar-refractivity contribution is -0.119. The summed E-state index contributed by atoms with van der Waals surface area (Å²) in [7, 11) is 1.61. The molecule has 1 aliphatic rings. The average Bonchev–Trinajstić information content (AvgIpc) is 3.00. The van der Waals surface area contributed by atoms with Gasteiger partial charge in [0.1, 0.15) is 5.75 Å². The van der Waals surface area contributed by atoms with Crippen LogP contribution in [0.3, 0.4) is 0 Å². The Kier molecular flexibility index (Phi) is 6.12. The molecule has 0 heterocycles. The third-order valence-corrected chi connectivity index (χ3v) is 4.78. The Balaban J connectivity index is 1.79. The van der Waals surface area contributed by atoms with Crippen LogP contribution in [0.4, 0.5) is 4.79 Å². The molecule has 22 heavy (non-hydrogen) atoms. The van der Waals surface area contributed by atoms with E-state index < -0.39 is 0 Å². The van der Waals surface area contributed by atoms with E-state index in [-0.39, 0.29) is 23.2 Å². The molecule has 0 saturated heterocycles. The van der Waals surface area contributed by atoms with Crippen molar-refractivity contribution in [2.24, 2.45) is 0 Å². The van der Waals surface area contributed by atoms with Crippen LogP contribution in [-0.4, -0.2) is 30.3 Å². The molecule has 2 rings (SSSR count). The maximum Gasteiger partial charge on any atom is 0.321 e. The molecule has 0 radical (unpaired) electrons. The van der Waals surface area contributed by atoms with E-state index in [1.807, 2.05) is 24.3 Å². The second-order valence-electron chi connectivity index (χ2n) is 5.38. The van der Waals surface area contributed by atoms with Crippen molar-refractivity contribution in [2.45, 2.75) is 48.8 Å². The highest BCUT2D eigenvalue weighted by molar-refractivity contribution is 8.00. The van der Waals surface area contributed by atoms with Crippen molar-refractivity contribution in [1.29, 1.82) is 0 Å². The quantitative estimate of drug-likeness (QED) is 0.818. The third kappa shape index (κ3) is 4.94. The maximum atomic E-state index is 12.0. The van der Waals surface area contributed by atoms with Crippen molar-refractivity contribution in [1.82, 2.24) is 10.6 Å². The van der Waals surface area contributed by atoms with Crippen LogP contribution < -0.4 is 15.4 Å². The van der Waals surface area contributed by atoms with Crippen LogP contribution >= 0.6 is 11.8 Å². The first-order valence-corrected chi connectivity index (χ1v) is 8.38. The molecule has 1 atom stereocenters. The van der Waals surface area contributed by atoms with Crippen molar-refractivity contribution < 1.29 is 14.3 Å². The number of methoxy groups -OCH3 is 1. The van der Waals surface area contributed by atoms with Gasteiger partial charge in [-0.1, -0.05) is 12.8 Å². The van der Waals surface area contributed by atoms with E-state index in [0.29, 0.717) is 0 Å². The van der Waals surface area contributed by atoms with Gasteiger partial charge in [0.25, 0.3) is 0 Å². The number of hydrogen-bond acceptors (Lipinski definition) is 4. The summed E-state index contributed by atoms with van der Waals surface area (Å²) in [6.45, 7) is 1.78. The molecule has 3 amide bonds. The molecule has 0 aromatic heterocycles. The summed E-state index contributed by atoms with van der Waals surface area (Å²) < 4.78 is 5.10. The monoisotopic (exact) mass is 322 g/mol. The van der Waals surface area contributed by atoms with Gasteiger partial charge < -0.3 is 10.1 Å². The van der Waals surface area contributed by atoms with Gasteiger partial charge in [-0.05, 0) is 44.0 Å². The fraction of sp³-hybridized carbons (Fsp3) is 0.500. The molecule has 6 heteroatoms. The van der Waals surface area contributed by atoms with Gasteiger partial charge >= 0.3 is 6.03 Å². The van der Waals surface area contributed by atoms with Crippen LogP contribution in [0.5, 0.6) is 5.75 Å². The van der Waals surface area contributed by atoms with E-state index >= 15 is 0 Å².